The average molecular weight is 319 g/mol. The van der Waals surface area contributed by atoms with Crippen molar-refractivity contribution in [3.05, 3.63) is 12.2 Å². The van der Waals surface area contributed by atoms with E-state index >= 15 is 0 Å². The first-order chi connectivity index (χ1) is 9.69. The van der Waals surface area contributed by atoms with Gasteiger partial charge in [0.25, 0.3) is 0 Å². The van der Waals surface area contributed by atoms with Crippen LogP contribution in [0.3, 0.4) is 0 Å². The Bertz CT molecular complexity index is 585. The number of nitrogens with zero attached hydrogens (tertiary/aromatic N) is 2. The maximum Gasteiger partial charge on any atom is 0.326 e. The van der Waals surface area contributed by atoms with Crippen LogP contribution in [0.5, 0.6) is 0 Å². The Balaban J connectivity index is 2.54. The number of rotatable bonds is 7. The number of aromatic nitrogens is 3. The molecule has 0 saturated heterocycles. The molecule has 1 heterocycles. The summed E-state index contributed by atoms with van der Waals surface area (Å²) >= 11 is 0. The highest BCUT2D eigenvalue weighted by molar-refractivity contribution is 7.90. The summed E-state index contributed by atoms with van der Waals surface area (Å²) in [5, 5.41) is 19.8. The van der Waals surface area contributed by atoms with Gasteiger partial charge in [-0.2, -0.15) is 5.10 Å². The number of aliphatic carboxylic acids is 1. The van der Waals surface area contributed by atoms with E-state index in [1.54, 1.807) is 6.92 Å². The minimum Gasteiger partial charge on any atom is -0.480 e. The normalized spacial score (nSPS) is 14.2. The molecule has 2 unspecified atom stereocenters. The molecule has 0 radical (unpaired) electrons. The number of hydrogen-bond donors (Lipinski definition) is 4. The molecule has 0 fully saturated rings. The van der Waals surface area contributed by atoms with Crippen LogP contribution in [0.15, 0.2) is 6.33 Å². The third-order valence-corrected chi connectivity index (χ3v) is 3.55. The molecule has 2 amide bonds. The molecule has 0 aromatic carbocycles. The fraction of sp³-hybridized carbons (Fsp3) is 0.600. The summed E-state index contributed by atoms with van der Waals surface area (Å²) in [7, 11) is -3.31. The van der Waals surface area contributed by atoms with Crippen LogP contribution in [0, 0.1) is 0 Å². The standard InChI is InChI=1S/C10H17N5O5S/c1-6(8-11-5-12-15-8)13-10(18)14-7(9(16)17)3-4-21(2,19)20/h5-7H,3-4H2,1-2H3,(H,16,17)(H,11,12,15)(H2,13,14,18). The second-order valence-corrected chi connectivity index (χ2v) is 6.78. The van der Waals surface area contributed by atoms with E-state index in [9.17, 15) is 18.0 Å². The smallest absolute Gasteiger partial charge is 0.326 e. The van der Waals surface area contributed by atoms with Crippen LogP contribution in [0.4, 0.5) is 4.79 Å². The molecular weight excluding hydrogens is 302 g/mol. The van der Waals surface area contributed by atoms with Crippen LogP contribution in [0.2, 0.25) is 0 Å². The van der Waals surface area contributed by atoms with Gasteiger partial charge in [-0.3, -0.25) is 5.10 Å². The predicted molar refractivity (Wildman–Crippen MR) is 72.2 cm³/mol. The van der Waals surface area contributed by atoms with Gasteiger partial charge in [-0.15, -0.1) is 0 Å². The van der Waals surface area contributed by atoms with Gasteiger partial charge in [0, 0.05) is 6.26 Å². The number of H-pyrrole nitrogens is 1. The lowest BCUT2D eigenvalue weighted by Gasteiger charge is -2.17. The number of carbonyl (C=O) groups excluding carboxylic acids is 1. The first-order valence-corrected chi connectivity index (χ1v) is 8.08. The summed E-state index contributed by atoms with van der Waals surface area (Å²) in [6.45, 7) is 1.63. The van der Waals surface area contributed by atoms with Crippen molar-refractivity contribution in [2.75, 3.05) is 12.0 Å². The van der Waals surface area contributed by atoms with Crippen molar-refractivity contribution in [3.63, 3.8) is 0 Å². The molecule has 0 aliphatic rings. The van der Waals surface area contributed by atoms with E-state index in [1.165, 1.54) is 6.33 Å². The Morgan fingerprint density at radius 2 is 2.10 bits per heavy atom. The second kappa shape index (κ2) is 7.02. The SMILES string of the molecule is CC(NC(=O)NC(CCS(C)(=O)=O)C(=O)O)c1ncn[nH]1. The zero-order valence-electron chi connectivity index (χ0n) is 11.5. The van der Waals surface area contributed by atoms with Crippen molar-refractivity contribution in [2.45, 2.75) is 25.4 Å². The van der Waals surface area contributed by atoms with Crippen molar-refractivity contribution in [3.8, 4) is 0 Å². The van der Waals surface area contributed by atoms with E-state index in [2.05, 4.69) is 25.8 Å². The van der Waals surface area contributed by atoms with Crippen molar-refractivity contribution < 1.29 is 23.1 Å². The third kappa shape index (κ3) is 6.21. The lowest BCUT2D eigenvalue weighted by Crippen LogP contribution is -2.47. The molecule has 118 valence electrons. The Kier molecular flexibility index (Phi) is 5.64. The first-order valence-electron chi connectivity index (χ1n) is 6.02. The third-order valence-electron chi connectivity index (χ3n) is 2.57. The molecule has 21 heavy (non-hydrogen) atoms. The summed E-state index contributed by atoms with van der Waals surface area (Å²) in [6.07, 6.45) is 2.06. The van der Waals surface area contributed by atoms with Crippen LogP contribution in [0.25, 0.3) is 0 Å². The van der Waals surface area contributed by atoms with Crippen molar-refractivity contribution in [2.24, 2.45) is 0 Å². The molecule has 2 atom stereocenters. The molecule has 4 N–H and O–H groups in total. The van der Waals surface area contributed by atoms with Crippen LogP contribution in [-0.4, -0.2) is 58.8 Å². The average Bonchev–Trinajstić information content (AvgIpc) is 2.86. The number of hydrogen-bond acceptors (Lipinski definition) is 6. The maximum absolute atomic E-state index is 11.7. The highest BCUT2D eigenvalue weighted by Crippen LogP contribution is 2.04. The fourth-order valence-corrected chi connectivity index (χ4v) is 2.14. The van der Waals surface area contributed by atoms with Crippen LogP contribution in [-0.2, 0) is 14.6 Å². The Hall–Kier alpha value is -2.17. The van der Waals surface area contributed by atoms with Gasteiger partial charge in [-0.25, -0.2) is 23.0 Å². The van der Waals surface area contributed by atoms with Gasteiger partial charge < -0.3 is 15.7 Å². The number of nitrogens with one attached hydrogen (secondary N) is 3. The number of amides is 2. The number of sulfone groups is 1. The number of carboxylic acids is 1. The van der Waals surface area contributed by atoms with Gasteiger partial charge in [0.1, 0.15) is 28.0 Å². The summed E-state index contributed by atoms with van der Waals surface area (Å²) in [5.74, 6) is -1.23. The summed E-state index contributed by atoms with van der Waals surface area (Å²) < 4.78 is 22.1. The minimum absolute atomic E-state index is 0.210. The number of carbonyl (C=O) groups is 2. The molecule has 0 aliphatic carbocycles. The van der Waals surface area contributed by atoms with Gasteiger partial charge in [0.2, 0.25) is 0 Å². The number of aromatic amines is 1. The first kappa shape index (κ1) is 16.9. The molecule has 0 spiro atoms. The highest BCUT2D eigenvalue weighted by Gasteiger charge is 2.22. The molecule has 1 rings (SSSR count). The largest absolute Gasteiger partial charge is 0.480 e. The molecule has 10 nitrogen and oxygen atoms in total. The molecule has 0 saturated carbocycles. The second-order valence-electron chi connectivity index (χ2n) is 4.52. The molecule has 11 heteroatoms. The van der Waals surface area contributed by atoms with Gasteiger partial charge in [-0.1, -0.05) is 0 Å². The van der Waals surface area contributed by atoms with E-state index in [1.807, 2.05) is 0 Å². The molecule has 0 aliphatic heterocycles. The lowest BCUT2D eigenvalue weighted by molar-refractivity contribution is -0.139. The van der Waals surface area contributed by atoms with Crippen molar-refractivity contribution in [1.29, 1.82) is 0 Å². The van der Waals surface area contributed by atoms with E-state index in [0.29, 0.717) is 5.82 Å². The molecular formula is C10H17N5O5S. The number of urea groups is 1. The van der Waals surface area contributed by atoms with Crippen molar-refractivity contribution >= 4 is 21.8 Å². The molecule has 1 aromatic heterocycles. The van der Waals surface area contributed by atoms with E-state index in [0.717, 1.165) is 6.26 Å². The van der Waals surface area contributed by atoms with Crippen molar-refractivity contribution in [1.82, 2.24) is 25.8 Å². The van der Waals surface area contributed by atoms with Crippen LogP contribution in [0.1, 0.15) is 25.2 Å². The Morgan fingerprint density at radius 3 is 2.57 bits per heavy atom. The zero-order chi connectivity index (χ0) is 16.0. The molecule has 1 aromatic rings. The topological polar surface area (TPSA) is 154 Å². The summed E-state index contributed by atoms with van der Waals surface area (Å²) in [5.41, 5.74) is 0. The number of carboxylic acid groups (broad SMARTS) is 1. The Labute approximate surface area is 121 Å². The summed E-state index contributed by atoms with van der Waals surface area (Å²) in [4.78, 5) is 26.5. The molecule has 0 bridgehead atoms. The van der Waals surface area contributed by atoms with Gasteiger partial charge in [-0.05, 0) is 13.3 Å². The van der Waals surface area contributed by atoms with Gasteiger partial charge >= 0.3 is 12.0 Å². The quantitative estimate of drug-likeness (QED) is 0.505. The van der Waals surface area contributed by atoms with Gasteiger partial charge in [0.15, 0.2) is 0 Å². The Morgan fingerprint density at radius 1 is 1.43 bits per heavy atom. The zero-order valence-corrected chi connectivity index (χ0v) is 12.3. The fourth-order valence-electron chi connectivity index (χ4n) is 1.48. The monoisotopic (exact) mass is 319 g/mol. The van der Waals surface area contributed by atoms with Crippen LogP contribution >= 0.6 is 0 Å². The van der Waals surface area contributed by atoms with E-state index in [4.69, 9.17) is 5.11 Å². The maximum atomic E-state index is 11.7. The highest BCUT2D eigenvalue weighted by atomic mass is 32.2. The van der Waals surface area contributed by atoms with Gasteiger partial charge in [0.05, 0.1) is 11.8 Å². The van der Waals surface area contributed by atoms with Crippen LogP contribution < -0.4 is 10.6 Å². The lowest BCUT2D eigenvalue weighted by atomic mass is 10.2. The summed E-state index contributed by atoms with van der Waals surface area (Å²) in [6, 6.07) is -2.53. The van der Waals surface area contributed by atoms with E-state index < -0.39 is 33.9 Å². The van der Waals surface area contributed by atoms with E-state index in [-0.39, 0.29) is 12.2 Å². The predicted octanol–water partition coefficient (Wildman–Crippen LogP) is -0.947. The minimum atomic E-state index is -3.31.